The molecule has 4 rings (SSSR count). The second kappa shape index (κ2) is 6.72. The second-order valence-electron chi connectivity index (χ2n) is 6.12. The minimum atomic E-state index is -0.552. The van der Waals surface area contributed by atoms with E-state index in [1.165, 1.54) is 6.20 Å². The lowest BCUT2D eigenvalue weighted by Gasteiger charge is -2.34. The van der Waals surface area contributed by atoms with Crippen molar-refractivity contribution in [2.75, 3.05) is 5.32 Å². The van der Waals surface area contributed by atoms with Crippen molar-refractivity contribution >= 4 is 39.2 Å². The lowest BCUT2D eigenvalue weighted by Crippen LogP contribution is -2.40. The van der Waals surface area contributed by atoms with Crippen molar-refractivity contribution in [3.05, 3.63) is 47.6 Å². The number of aromatic nitrogens is 2. The summed E-state index contributed by atoms with van der Waals surface area (Å²) in [6, 6.07) is 9.68. The van der Waals surface area contributed by atoms with Crippen LogP contribution in [0.2, 0.25) is 0 Å². The lowest BCUT2D eigenvalue weighted by molar-refractivity contribution is -0.125. The van der Waals surface area contributed by atoms with Crippen molar-refractivity contribution < 1.29 is 14.3 Å². The Hall–Kier alpha value is -3.00. The zero-order valence-electron chi connectivity index (χ0n) is 13.7. The molecule has 0 radical (unpaired) electrons. The standard InChI is InChI=1S/C18H16N4O3S/c19-16(23)14-9-21-18(26-14)22-17(24)11-7-12(8-11)25-13-5-1-3-10-4-2-6-20-15(10)13/h1-6,9,11-12H,7-8H2,(H2,19,23)(H,21,22,24). The number of hydrogen-bond acceptors (Lipinski definition) is 6. The van der Waals surface area contributed by atoms with Crippen LogP contribution >= 0.6 is 11.3 Å². The van der Waals surface area contributed by atoms with E-state index in [-0.39, 0.29) is 17.9 Å². The number of pyridine rings is 1. The molecule has 1 saturated carbocycles. The van der Waals surface area contributed by atoms with Crippen LogP contribution in [0.25, 0.3) is 10.9 Å². The maximum atomic E-state index is 12.3. The lowest BCUT2D eigenvalue weighted by atomic mass is 9.81. The molecule has 3 aromatic rings. The molecule has 8 heteroatoms. The Morgan fingerprint density at radius 3 is 2.77 bits per heavy atom. The zero-order valence-corrected chi connectivity index (χ0v) is 14.5. The number of carbonyl (C=O) groups excluding carboxylic acids is 2. The monoisotopic (exact) mass is 368 g/mol. The number of anilines is 1. The first-order valence-corrected chi connectivity index (χ1v) is 8.98. The van der Waals surface area contributed by atoms with E-state index in [2.05, 4.69) is 15.3 Å². The largest absolute Gasteiger partial charge is 0.488 e. The quantitative estimate of drug-likeness (QED) is 0.720. The number of thiazole rings is 1. The van der Waals surface area contributed by atoms with Gasteiger partial charge in [0.15, 0.2) is 5.13 Å². The number of rotatable bonds is 5. The number of ether oxygens (including phenoxy) is 1. The van der Waals surface area contributed by atoms with E-state index in [9.17, 15) is 9.59 Å². The van der Waals surface area contributed by atoms with Gasteiger partial charge < -0.3 is 15.8 Å². The molecule has 132 valence electrons. The molecule has 2 heterocycles. The first kappa shape index (κ1) is 16.5. The predicted octanol–water partition coefficient (Wildman–Crippen LogP) is 2.59. The fraction of sp³-hybridized carbons (Fsp3) is 0.222. The molecule has 2 amide bonds. The predicted molar refractivity (Wildman–Crippen MR) is 98.1 cm³/mol. The molecule has 0 saturated heterocycles. The van der Waals surface area contributed by atoms with Crippen molar-refractivity contribution in [2.24, 2.45) is 11.7 Å². The Kier molecular flexibility index (Phi) is 4.26. The maximum Gasteiger partial charge on any atom is 0.260 e. The number of fused-ring (bicyclic) bond motifs is 1. The molecule has 1 fully saturated rings. The van der Waals surface area contributed by atoms with Crippen LogP contribution in [0.15, 0.2) is 42.7 Å². The molecule has 1 aliphatic rings. The Labute approximate surface area is 153 Å². The highest BCUT2D eigenvalue weighted by molar-refractivity contribution is 7.17. The van der Waals surface area contributed by atoms with E-state index >= 15 is 0 Å². The maximum absolute atomic E-state index is 12.3. The number of para-hydroxylation sites is 1. The van der Waals surface area contributed by atoms with Crippen LogP contribution in [0.4, 0.5) is 5.13 Å². The number of nitrogens with two attached hydrogens (primary N) is 1. The molecule has 26 heavy (non-hydrogen) atoms. The van der Waals surface area contributed by atoms with E-state index in [1.54, 1.807) is 6.20 Å². The van der Waals surface area contributed by atoms with Gasteiger partial charge in [0.1, 0.15) is 22.2 Å². The molecule has 1 aliphatic carbocycles. The Morgan fingerprint density at radius 1 is 1.19 bits per heavy atom. The molecule has 7 nitrogen and oxygen atoms in total. The highest BCUT2D eigenvalue weighted by Crippen LogP contribution is 2.34. The molecule has 1 aromatic carbocycles. The van der Waals surface area contributed by atoms with Gasteiger partial charge in [-0.1, -0.05) is 29.5 Å². The summed E-state index contributed by atoms with van der Waals surface area (Å²) in [6.45, 7) is 0. The zero-order chi connectivity index (χ0) is 18.1. The summed E-state index contributed by atoms with van der Waals surface area (Å²) in [5.74, 6) is -0.0723. The minimum Gasteiger partial charge on any atom is -0.488 e. The third-order valence-corrected chi connectivity index (χ3v) is 5.26. The topological polar surface area (TPSA) is 107 Å². The third kappa shape index (κ3) is 3.23. The number of amides is 2. The summed E-state index contributed by atoms with van der Waals surface area (Å²) < 4.78 is 6.01. The molecule has 0 spiro atoms. The van der Waals surface area contributed by atoms with E-state index in [0.717, 1.165) is 28.0 Å². The SMILES string of the molecule is NC(=O)c1cnc(NC(=O)C2CC(Oc3cccc4cccnc34)C2)s1. The van der Waals surface area contributed by atoms with Crippen molar-refractivity contribution in [1.29, 1.82) is 0 Å². The summed E-state index contributed by atoms with van der Waals surface area (Å²) in [4.78, 5) is 32.0. The van der Waals surface area contributed by atoms with Crippen molar-refractivity contribution in [3.8, 4) is 5.75 Å². The van der Waals surface area contributed by atoms with Crippen LogP contribution < -0.4 is 15.8 Å². The number of nitrogens with zero attached hydrogens (tertiary/aromatic N) is 2. The summed E-state index contributed by atoms with van der Waals surface area (Å²) in [5, 5.41) is 4.13. The molecule has 0 bridgehead atoms. The van der Waals surface area contributed by atoms with E-state index < -0.39 is 5.91 Å². The van der Waals surface area contributed by atoms with E-state index in [4.69, 9.17) is 10.5 Å². The van der Waals surface area contributed by atoms with Gasteiger partial charge in [0.05, 0.1) is 6.20 Å². The molecule has 3 N–H and O–H groups in total. The van der Waals surface area contributed by atoms with Gasteiger partial charge in [0.2, 0.25) is 5.91 Å². The number of carbonyl (C=O) groups is 2. The van der Waals surface area contributed by atoms with Crippen LogP contribution in [0.1, 0.15) is 22.5 Å². The van der Waals surface area contributed by atoms with Crippen LogP contribution in [0.5, 0.6) is 5.75 Å². The first-order chi connectivity index (χ1) is 12.6. The third-order valence-electron chi connectivity index (χ3n) is 4.33. The average Bonchev–Trinajstić information content (AvgIpc) is 3.06. The molecular weight excluding hydrogens is 352 g/mol. The molecule has 0 unspecified atom stereocenters. The summed E-state index contributed by atoms with van der Waals surface area (Å²) in [5.41, 5.74) is 6.01. The van der Waals surface area contributed by atoms with Crippen LogP contribution in [-0.4, -0.2) is 27.9 Å². The number of hydrogen-bond donors (Lipinski definition) is 2. The second-order valence-corrected chi connectivity index (χ2v) is 7.15. The van der Waals surface area contributed by atoms with Crippen LogP contribution in [-0.2, 0) is 4.79 Å². The van der Waals surface area contributed by atoms with Gasteiger partial charge >= 0.3 is 0 Å². The Bertz CT molecular complexity index is 976. The number of primary amides is 1. The number of benzene rings is 1. The number of nitrogens with one attached hydrogen (secondary N) is 1. The average molecular weight is 368 g/mol. The van der Waals surface area contributed by atoms with Crippen molar-refractivity contribution in [2.45, 2.75) is 18.9 Å². The molecule has 2 aromatic heterocycles. The summed E-state index contributed by atoms with van der Waals surface area (Å²) in [6.07, 6.45) is 4.34. The summed E-state index contributed by atoms with van der Waals surface area (Å²) >= 11 is 1.07. The highest BCUT2D eigenvalue weighted by Gasteiger charge is 2.36. The highest BCUT2D eigenvalue weighted by atomic mass is 32.1. The van der Waals surface area contributed by atoms with E-state index in [0.29, 0.717) is 22.9 Å². The van der Waals surface area contributed by atoms with Gasteiger partial charge in [-0.25, -0.2) is 4.98 Å². The minimum absolute atomic E-state index is 0.0177. The van der Waals surface area contributed by atoms with Crippen LogP contribution in [0.3, 0.4) is 0 Å². The molecule has 0 atom stereocenters. The van der Waals surface area contributed by atoms with Gasteiger partial charge in [-0.15, -0.1) is 0 Å². The normalized spacial score (nSPS) is 18.9. The van der Waals surface area contributed by atoms with Gasteiger partial charge in [0.25, 0.3) is 5.91 Å². The van der Waals surface area contributed by atoms with Gasteiger partial charge in [0, 0.05) is 17.5 Å². The molecule has 0 aliphatic heterocycles. The fourth-order valence-corrected chi connectivity index (χ4v) is 3.55. The van der Waals surface area contributed by atoms with Crippen LogP contribution in [0, 0.1) is 5.92 Å². The summed E-state index contributed by atoms with van der Waals surface area (Å²) in [7, 11) is 0. The van der Waals surface area contributed by atoms with E-state index in [1.807, 2.05) is 30.3 Å². The smallest absolute Gasteiger partial charge is 0.260 e. The van der Waals surface area contributed by atoms with Crippen molar-refractivity contribution in [1.82, 2.24) is 9.97 Å². The fourth-order valence-electron chi connectivity index (χ4n) is 2.88. The van der Waals surface area contributed by atoms with Gasteiger partial charge in [-0.05, 0) is 25.0 Å². The van der Waals surface area contributed by atoms with Crippen molar-refractivity contribution in [3.63, 3.8) is 0 Å². The van der Waals surface area contributed by atoms with Gasteiger partial charge in [-0.2, -0.15) is 0 Å². The van der Waals surface area contributed by atoms with Gasteiger partial charge in [-0.3, -0.25) is 14.6 Å². The first-order valence-electron chi connectivity index (χ1n) is 8.17. The Morgan fingerprint density at radius 2 is 2.00 bits per heavy atom. The Balaban J connectivity index is 1.34. The molecular formula is C18H16N4O3S.